The number of piperazine rings is 1. The first kappa shape index (κ1) is 16.3. The van der Waals surface area contributed by atoms with Crippen molar-refractivity contribution in [2.75, 3.05) is 33.2 Å². The van der Waals surface area contributed by atoms with Gasteiger partial charge in [0.2, 0.25) is 0 Å². The van der Waals surface area contributed by atoms with Crippen LogP contribution in [0.15, 0.2) is 30.3 Å². The quantitative estimate of drug-likeness (QED) is 0.710. The number of benzene rings is 1. The van der Waals surface area contributed by atoms with E-state index in [9.17, 15) is 4.79 Å². The molecule has 2 aromatic heterocycles. The van der Waals surface area contributed by atoms with E-state index in [1.165, 1.54) is 11.4 Å². The van der Waals surface area contributed by atoms with Gasteiger partial charge in [-0.3, -0.25) is 9.36 Å². The molecular weight excluding hydrogens is 332 g/mol. The van der Waals surface area contributed by atoms with Gasteiger partial charge in [0.05, 0.1) is 10.2 Å². The Hall–Kier alpha value is -2.18. The molecule has 0 aliphatic carbocycles. The van der Waals surface area contributed by atoms with Gasteiger partial charge in [-0.1, -0.05) is 11.3 Å². The molecule has 1 saturated heterocycles. The van der Waals surface area contributed by atoms with Crippen LogP contribution in [0.4, 0.5) is 0 Å². The summed E-state index contributed by atoms with van der Waals surface area (Å²) in [5, 5.41) is 0.958. The summed E-state index contributed by atoms with van der Waals surface area (Å²) < 4.78 is 3.22. The lowest BCUT2D eigenvalue weighted by Gasteiger charge is -2.32. The summed E-state index contributed by atoms with van der Waals surface area (Å²) in [7, 11) is 2.10. The average Bonchev–Trinajstić information content (AvgIpc) is 3.16. The molecule has 1 aliphatic rings. The van der Waals surface area contributed by atoms with Gasteiger partial charge in [-0.15, -0.1) is 0 Å². The van der Waals surface area contributed by atoms with Crippen molar-refractivity contribution in [3.63, 3.8) is 0 Å². The lowest BCUT2D eigenvalue weighted by Crippen LogP contribution is -2.47. The van der Waals surface area contributed by atoms with Crippen LogP contribution < -0.4 is 0 Å². The van der Waals surface area contributed by atoms with Gasteiger partial charge in [-0.2, -0.15) is 0 Å². The molecule has 0 atom stereocenters. The highest BCUT2D eigenvalue weighted by Gasteiger charge is 2.21. The van der Waals surface area contributed by atoms with Crippen molar-refractivity contribution < 1.29 is 4.79 Å². The molecule has 0 radical (unpaired) electrons. The Morgan fingerprint density at radius 2 is 1.72 bits per heavy atom. The van der Waals surface area contributed by atoms with Gasteiger partial charge in [0.1, 0.15) is 0 Å². The van der Waals surface area contributed by atoms with Gasteiger partial charge in [0, 0.05) is 43.1 Å². The minimum absolute atomic E-state index is 0.123. The van der Waals surface area contributed by atoms with Gasteiger partial charge in [-0.05, 0) is 51.2 Å². The van der Waals surface area contributed by atoms with Crippen LogP contribution in [0.3, 0.4) is 0 Å². The molecule has 3 heterocycles. The molecule has 0 bridgehead atoms. The standard InChI is InChI=1S/C19H22N4OS/c1-13-4-5-14(2)23(13)19-20-16-7-6-15(12-17(16)25-19)18(24)22-10-8-21(3)9-11-22/h4-7,12H,8-11H2,1-3H3. The van der Waals surface area contributed by atoms with Crippen LogP contribution >= 0.6 is 11.3 Å². The first-order valence-corrected chi connectivity index (χ1v) is 9.38. The number of fused-ring (bicyclic) bond motifs is 1. The summed E-state index contributed by atoms with van der Waals surface area (Å²) in [4.78, 5) is 21.7. The molecule has 0 N–H and O–H groups in total. The monoisotopic (exact) mass is 354 g/mol. The van der Waals surface area contributed by atoms with Crippen LogP contribution in [0.25, 0.3) is 15.3 Å². The maximum atomic E-state index is 12.8. The molecular formula is C19H22N4OS. The number of carbonyl (C=O) groups is 1. The summed E-state index contributed by atoms with van der Waals surface area (Å²) in [6.07, 6.45) is 0. The second-order valence-electron chi connectivity index (χ2n) is 6.73. The highest BCUT2D eigenvalue weighted by atomic mass is 32.1. The largest absolute Gasteiger partial charge is 0.336 e. The summed E-state index contributed by atoms with van der Waals surface area (Å²) in [6, 6.07) is 10.1. The van der Waals surface area contributed by atoms with E-state index in [2.05, 4.69) is 42.5 Å². The predicted octanol–water partition coefficient (Wildman–Crippen LogP) is 3.09. The Balaban J connectivity index is 1.65. The topological polar surface area (TPSA) is 41.4 Å². The van der Waals surface area contributed by atoms with Gasteiger partial charge < -0.3 is 9.80 Å². The van der Waals surface area contributed by atoms with E-state index in [0.29, 0.717) is 0 Å². The summed E-state index contributed by atoms with van der Waals surface area (Å²) in [6.45, 7) is 7.63. The van der Waals surface area contributed by atoms with E-state index in [0.717, 1.165) is 47.1 Å². The van der Waals surface area contributed by atoms with Crippen molar-refractivity contribution in [1.82, 2.24) is 19.4 Å². The molecule has 25 heavy (non-hydrogen) atoms. The Morgan fingerprint density at radius 1 is 1.04 bits per heavy atom. The fourth-order valence-corrected chi connectivity index (χ4v) is 4.43. The number of nitrogens with zero attached hydrogens (tertiary/aromatic N) is 4. The highest BCUT2D eigenvalue weighted by molar-refractivity contribution is 7.20. The minimum Gasteiger partial charge on any atom is -0.336 e. The first-order valence-electron chi connectivity index (χ1n) is 8.56. The lowest BCUT2D eigenvalue weighted by molar-refractivity contribution is 0.0664. The Morgan fingerprint density at radius 3 is 2.40 bits per heavy atom. The zero-order valence-electron chi connectivity index (χ0n) is 14.8. The van der Waals surface area contributed by atoms with E-state index in [1.807, 2.05) is 23.1 Å². The minimum atomic E-state index is 0.123. The fraction of sp³-hybridized carbons (Fsp3) is 0.368. The van der Waals surface area contributed by atoms with Crippen molar-refractivity contribution in [2.45, 2.75) is 13.8 Å². The maximum Gasteiger partial charge on any atom is 0.253 e. The van der Waals surface area contributed by atoms with E-state index >= 15 is 0 Å². The van der Waals surface area contributed by atoms with E-state index in [1.54, 1.807) is 11.3 Å². The third-order valence-electron chi connectivity index (χ3n) is 4.88. The predicted molar refractivity (Wildman–Crippen MR) is 102 cm³/mol. The molecule has 5 nitrogen and oxygen atoms in total. The number of thiazole rings is 1. The number of hydrogen-bond donors (Lipinski definition) is 0. The smallest absolute Gasteiger partial charge is 0.253 e. The van der Waals surface area contributed by atoms with Crippen molar-refractivity contribution in [3.05, 3.63) is 47.3 Å². The van der Waals surface area contributed by atoms with E-state index in [4.69, 9.17) is 4.98 Å². The Bertz CT molecular complexity index is 915. The molecule has 1 amide bonds. The van der Waals surface area contributed by atoms with Gasteiger partial charge in [-0.25, -0.2) is 4.98 Å². The van der Waals surface area contributed by atoms with Gasteiger partial charge >= 0.3 is 0 Å². The molecule has 1 aromatic carbocycles. The number of aryl methyl sites for hydroxylation is 2. The van der Waals surface area contributed by atoms with Crippen molar-refractivity contribution >= 4 is 27.5 Å². The third kappa shape index (κ3) is 2.96. The van der Waals surface area contributed by atoms with Gasteiger partial charge in [0.25, 0.3) is 5.91 Å². The zero-order chi connectivity index (χ0) is 17.6. The first-order chi connectivity index (χ1) is 12.0. The Kier molecular flexibility index (Phi) is 4.09. The van der Waals surface area contributed by atoms with Crippen LogP contribution in [-0.4, -0.2) is 58.5 Å². The van der Waals surface area contributed by atoms with Crippen molar-refractivity contribution in [2.24, 2.45) is 0 Å². The Labute approximate surface area is 151 Å². The molecule has 4 rings (SSSR count). The number of carbonyl (C=O) groups excluding carboxylic acids is 1. The number of rotatable bonds is 2. The number of likely N-dealkylation sites (N-methyl/N-ethyl adjacent to an activating group) is 1. The third-order valence-corrected chi connectivity index (χ3v) is 5.88. The van der Waals surface area contributed by atoms with Crippen LogP contribution in [0.2, 0.25) is 0 Å². The normalized spacial score (nSPS) is 15.9. The molecule has 3 aromatic rings. The fourth-order valence-electron chi connectivity index (χ4n) is 3.30. The van der Waals surface area contributed by atoms with Crippen LogP contribution in [-0.2, 0) is 0 Å². The van der Waals surface area contributed by atoms with Crippen LogP contribution in [0.5, 0.6) is 0 Å². The lowest BCUT2D eigenvalue weighted by atomic mass is 10.1. The molecule has 6 heteroatoms. The second kappa shape index (κ2) is 6.28. The average molecular weight is 354 g/mol. The van der Waals surface area contributed by atoms with Crippen LogP contribution in [0, 0.1) is 13.8 Å². The highest BCUT2D eigenvalue weighted by Crippen LogP contribution is 2.28. The molecule has 1 aliphatic heterocycles. The molecule has 130 valence electrons. The van der Waals surface area contributed by atoms with Crippen LogP contribution in [0.1, 0.15) is 21.7 Å². The number of hydrogen-bond acceptors (Lipinski definition) is 4. The SMILES string of the molecule is Cc1ccc(C)n1-c1nc2ccc(C(=O)N3CCN(C)CC3)cc2s1. The summed E-state index contributed by atoms with van der Waals surface area (Å²) in [5.41, 5.74) is 4.05. The molecule has 0 saturated carbocycles. The number of aromatic nitrogens is 2. The summed E-state index contributed by atoms with van der Waals surface area (Å²) in [5.74, 6) is 0.123. The van der Waals surface area contributed by atoms with E-state index < -0.39 is 0 Å². The molecule has 0 unspecified atom stereocenters. The van der Waals surface area contributed by atoms with Gasteiger partial charge in [0.15, 0.2) is 5.13 Å². The molecule has 1 fully saturated rings. The van der Waals surface area contributed by atoms with E-state index in [-0.39, 0.29) is 5.91 Å². The molecule has 0 spiro atoms. The zero-order valence-corrected chi connectivity index (χ0v) is 15.6. The van der Waals surface area contributed by atoms with Crippen molar-refractivity contribution in [1.29, 1.82) is 0 Å². The maximum absolute atomic E-state index is 12.8. The second-order valence-corrected chi connectivity index (χ2v) is 7.74. The number of amides is 1. The summed E-state index contributed by atoms with van der Waals surface area (Å²) >= 11 is 1.63. The van der Waals surface area contributed by atoms with Crippen molar-refractivity contribution in [3.8, 4) is 5.13 Å².